The van der Waals surface area contributed by atoms with Gasteiger partial charge in [-0.2, -0.15) is 0 Å². The van der Waals surface area contributed by atoms with Crippen LogP contribution in [0.5, 0.6) is 0 Å². The van der Waals surface area contributed by atoms with Crippen LogP contribution >= 0.6 is 11.3 Å². The zero-order valence-corrected chi connectivity index (χ0v) is 17.5. The van der Waals surface area contributed by atoms with Crippen LogP contribution in [0, 0.1) is 20.8 Å². The van der Waals surface area contributed by atoms with E-state index in [4.69, 9.17) is 0 Å². The molecule has 0 spiro atoms. The second kappa shape index (κ2) is 6.98. The molecule has 0 saturated heterocycles. The molecule has 0 saturated carbocycles. The van der Waals surface area contributed by atoms with Crippen molar-refractivity contribution in [3.8, 4) is 11.1 Å². The Kier molecular flexibility index (Phi) is 4.29. The fourth-order valence-corrected chi connectivity index (χ4v) is 4.86. The van der Waals surface area contributed by atoms with Crippen LogP contribution < -0.4 is 5.32 Å². The Morgan fingerprint density at radius 1 is 0.828 bits per heavy atom. The maximum atomic E-state index is 4.63. The third-order valence-electron chi connectivity index (χ3n) is 5.50. The first-order chi connectivity index (χ1) is 14.1. The molecule has 0 amide bonds. The first-order valence-corrected chi connectivity index (χ1v) is 10.5. The van der Waals surface area contributed by atoms with E-state index >= 15 is 0 Å². The van der Waals surface area contributed by atoms with Gasteiger partial charge in [-0.1, -0.05) is 54.6 Å². The Labute approximate surface area is 174 Å². The van der Waals surface area contributed by atoms with Gasteiger partial charge >= 0.3 is 0 Å². The average molecular weight is 396 g/mol. The Bertz CT molecular complexity index is 1360. The first kappa shape index (κ1) is 17.8. The van der Waals surface area contributed by atoms with Crippen molar-refractivity contribution >= 4 is 43.8 Å². The first-order valence-electron chi connectivity index (χ1n) is 9.68. The maximum Gasteiger partial charge on any atom is 0.143 e. The number of aryl methyl sites for hydroxylation is 3. The Morgan fingerprint density at radius 2 is 1.66 bits per heavy atom. The number of thiophene rings is 1. The number of anilines is 2. The minimum Gasteiger partial charge on any atom is -0.339 e. The quantitative estimate of drug-likeness (QED) is 0.351. The Hall–Kier alpha value is -3.24. The van der Waals surface area contributed by atoms with Crippen LogP contribution in [-0.2, 0) is 0 Å². The van der Waals surface area contributed by atoms with Crippen LogP contribution in [-0.4, -0.2) is 9.97 Å². The molecule has 4 heteroatoms. The lowest BCUT2D eigenvalue weighted by molar-refractivity contribution is 1.23. The van der Waals surface area contributed by atoms with Gasteiger partial charge in [0.1, 0.15) is 17.0 Å². The summed E-state index contributed by atoms with van der Waals surface area (Å²) in [7, 11) is 0. The SMILES string of the molecule is Cc1ccc(-c2c(C)sc3ncnc(Nc4cccc5ccccc45)c23)cc1C. The lowest BCUT2D eigenvalue weighted by Crippen LogP contribution is -1.96. The second-order valence-electron chi connectivity index (χ2n) is 7.39. The van der Waals surface area contributed by atoms with Gasteiger partial charge in [-0.25, -0.2) is 9.97 Å². The molecule has 0 bridgehead atoms. The topological polar surface area (TPSA) is 37.8 Å². The van der Waals surface area contributed by atoms with Gasteiger partial charge < -0.3 is 5.32 Å². The van der Waals surface area contributed by atoms with Crippen LogP contribution in [0.2, 0.25) is 0 Å². The number of hydrogen-bond acceptors (Lipinski definition) is 4. The molecule has 0 fully saturated rings. The summed E-state index contributed by atoms with van der Waals surface area (Å²) in [5.74, 6) is 0.851. The summed E-state index contributed by atoms with van der Waals surface area (Å²) < 4.78 is 0. The summed E-state index contributed by atoms with van der Waals surface area (Å²) in [5.41, 5.74) is 6.08. The molecule has 1 N–H and O–H groups in total. The van der Waals surface area contributed by atoms with Crippen molar-refractivity contribution < 1.29 is 0 Å². The third-order valence-corrected chi connectivity index (χ3v) is 6.52. The zero-order chi connectivity index (χ0) is 20.0. The van der Waals surface area contributed by atoms with Gasteiger partial charge in [0.25, 0.3) is 0 Å². The van der Waals surface area contributed by atoms with Crippen LogP contribution in [0.15, 0.2) is 67.0 Å². The summed E-state index contributed by atoms with van der Waals surface area (Å²) in [5, 5.41) is 7.07. The summed E-state index contributed by atoms with van der Waals surface area (Å²) >= 11 is 1.72. The highest BCUT2D eigenvalue weighted by Crippen LogP contribution is 2.41. The van der Waals surface area contributed by atoms with Crippen molar-refractivity contribution in [3.05, 3.63) is 83.0 Å². The third kappa shape index (κ3) is 3.06. The lowest BCUT2D eigenvalue weighted by Gasteiger charge is -2.12. The van der Waals surface area contributed by atoms with Crippen molar-refractivity contribution in [2.45, 2.75) is 20.8 Å². The van der Waals surface area contributed by atoms with E-state index in [2.05, 4.69) is 96.7 Å². The molecule has 3 aromatic carbocycles. The van der Waals surface area contributed by atoms with Gasteiger partial charge in [-0.3, -0.25) is 0 Å². The van der Waals surface area contributed by atoms with Crippen molar-refractivity contribution in [1.29, 1.82) is 0 Å². The highest BCUT2D eigenvalue weighted by Gasteiger charge is 2.17. The van der Waals surface area contributed by atoms with Crippen molar-refractivity contribution in [1.82, 2.24) is 9.97 Å². The largest absolute Gasteiger partial charge is 0.339 e. The van der Waals surface area contributed by atoms with Crippen LogP contribution in [0.4, 0.5) is 11.5 Å². The summed E-state index contributed by atoms with van der Waals surface area (Å²) in [4.78, 5) is 11.5. The standard InChI is InChI=1S/C25H21N3S/c1-15-11-12-19(13-16(15)2)22-17(3)29-25-23(22)24(26-14-27-25)28-21-10-6-8-18-7-4-5-9-20(18)21/h4-14H,1-3H3,(H,26,27,28). The van der Waals surface area contributed by atoms with E-state index in [0.717, 1.165) is 21.7 Å². The number of benzene rings is 3. The van der Waals surface area contributed by atoms with Crippen molar-refractivity contribution in [2.24, 2.45) is 0 Å². The monoisotopic (exact) mass is 395 g/mol. The van der Waals surface area contributed by atoms with Crippen LogP contribution in [0.3, 0.4) is 0 Å². The fourth-order valence-electron chi connectivity index (χ4n) is 3.85. The zero-order valence-electron chi connectivity index (χ0n) is 16.7. The molecule has 3 nitrogen and oxygen atoms in total. The van der Waals surface area contributed by atoms with Gasteiger partial charge in [-0.05, 0) is 48.9 Å². The molecule has 5 rings (SSSR count). The predicted molar refractivity (Wildman–Crippen MR) is 124 cm³/mol. The lowest BCUT2D eigenvalue weighted by atomic mass is 9.99. The highest BCUT2D eigenvalue weighted by molar-refractivity contribution is 7.19. The number of nitrogens with zero attached hydrogens (tertiary/aromatic N) is 2. The summed E-state index contributed by atoms with van der Waals surface area (Å²) in [6.07, 6.45) is 1.65. The molecule has 0 aliphatic rings. The highest BCUT2D eigenvalue weighted by atomic mass is 32.1. The maximum absolute atomic E-state index is 4.63. The molecular formula is C25H21N3S. The van der Waals surface area contributed by atoms with E-state index in [-0.39, 0.29) is 0 Å². The van der Waals surface area contributed by atoms with Gasteiger partial charge in [-0.15, -0.1) is 11.3 Å². The van der Waals surface area contributed by atoms with E-state index in [9.17, 15) is 0 Å². The molecule has 2 aromatic heterocycles. The normalized spacial score (nSPS) is 11.3. The number of aromatic nitrogens is 2. The molecule has 0 unspecified atom stereocenters. The Morgan fingerprint density at radius 3 is 2.52 bits per heavy atom. The van der Waals surface area contributed by atoms with Gasteiger partial charge in [0, 0.05) is 21.5 Å². The minimum atomic E-state index is 0.851. The van der Waals surface area contributed by atoms with E-state index in [1.54, 1.807) is 17.7 Å². The second-order valence-corrected chi connectivity index (χ2v) is 8.59. The fraction of sp³-hybridized carbons (Fsp3) is 0.120. The molecule has 0 radical (unpaired) electrons. The van der Waals surface area contributed by atoms with Crippen LogP contribution in [0.1, 0.15) is 16.0 Å². The van der Waals surface area contributed by atoms with Crippen molar-refractivity contribution in [3.63, 3.8) is 0 Å². The number of fused-ring (bicyclic) bond motifs is 2. The molecule has 2 heterocycles. The Balaban J connectivity index is 1.71. The molecule has 142 valence electrons. The molecule has 29 heavy (non-hydrogen) atoms. The molecule has 0 aliphatic carbocycles. The predicted octanol–water partition coefficient (Wildman–Crippen LogP) is 7.18. The van der Waals surface area contributed by atoms with E-state index in [1.807, 2.05) is 0 Å². The number of hydrogen-bond donors (Lipinski definition) is 1. The number of nitrogens with one attached hydrogen (secondary N) is 1. The van der Waals surface area contributed by atoms with Gasteiger partial charge in [0.2, 0.25) is 0 Å². The molecule has 0 atom stereocenters. The minimum absolute atomic E-state index is 0.851. The van der Waals surface area contributed by atoms with Crippen LogP contribution in [0.25, 0.3) is 32.1 Å². The number of rotatable bonds is 3. The summed E-state index contributed by atoms with van der Waals surface area (Å²) in [6.45, 7) is 6.47. The smallest absolute Gasteiger partial charge is 0.143 e. The van der Waals surface area contributed by atoms with Gasteiger partial charge in [0.05, 0.1) is 5.39 Å². The van der Waals surface area contributed by atoms with Gasteiger partial charge in [0.15, 0.2) is 0 Å². The summed E-state index contributed by atoms with van der Waals surface area (Å²) in [6, 6.07) is 21.4. The molecular weight excluding hydrogens is 374 g/mol. The average Bonchev–Trinajstić information content (AvgIpc) is 3.07. The van der Waals surface area contributed by atoms with E-state index in [1.165, 1.54) is 37.9 Å². The molecule has 5 aromatic rings. The van der Waals surface area contributed by atoms with Crippen molar-refractivity contribution in [2.75, 3.05) is 5.32 Å². The van der Waals surface area contributed by atoms with E-state index in [0.29, 0.717) is 0 Å². The van der Waals surface area contributed by atoms with E-state index < -0.39 is 0 Å². The molecule has 0 aliphatic heterocycles.